The summed E-state index contributed by atoms with van der Waals surface area (Å²) in [5.41, 5.74) is 4.67. The Morgan fingerprint density at radius 1 is 0.917 bits per heavy atom. The number of carbonyl (C=O) groups excluding carboxylic acids is 2. The first-order valence-corrected chi connectivity index (χ1v) is 12.7. The molecule has 2 aromatic carbocycles. The Labute approximate surface area is 212 Å². The summed E-state index contributed by atoms with van der Waals surface area (Å²) >= 11 is 0. The molecule has 0 unspecified atom stereocenters. The number of nitrogens with one attached hydrogen (secondary N) is 2. The fourth-order valence-electron chi connectivity index (χ4n) is 5.19. The van der Waals surface area contributed by atoms with E-state index < -0.39 is 11.8 Å². The van der Waals surface area contributed by atoms with Crippen molar-refractivity contribution in [3.63, 3.8) is 0 Å². The molecule has 0 spiro atoms. The number of rotatable bonds is 6. The quantitative estimate of drug-likeness (QED) is 0.590. The van der Waals surface area contributed by atoms with Gasteiger partial charge < -0.3 is 29.9 Å². The molecule has 1 fully saturated rings. The van der Waals surface area contributed by atoms with Crippen molar-refractivity contribution in [3.05, 3.63) is 53.1 Å². The van der Waals surface area contributed by atoms with Gasteiger partial charge in [-0.2, -0.15) is 0 Å². The average molecular weight is 494 g/mol. The van der Waals surface area contributed by atoms with Crippen LogP contribution in [0.15, 0.2) is 36.4 Å². The van der Waals surface area contributed by atoms with Crippen molar-refractivity contribution in [1.29, 1.82) is 0 Å². The van der Waals surface area contributed by atoms with Crippen LogP contribution in [0.4, 0.5) is 5.69 Å². The molecular formula is C27H35N5O4. The molecule has 0 aliphatic carbocycles. The van der Waals surface area contributed by atoms with E-state index in [-0.39, 0.29) is 19.4 Å². The zero-order valence-corrected chi connectivity index (χ0v) is 21.1. The summed E-state index contributed by atoms with van der Waals surface area (Å²) in [5, 5.41) is 5.61. The first kappa shape index (κ1) is 24.4. The first-order valence-electron chi connectivity index (χ1n) is 12.7. The van der Waals surface area contributed by atoms with Crippen LogP contribution in [-0.2, 0) is 22.6 Å². The molecule has 9 nitrogen and oxygen atoms in total. The van der Waals surface area contributed by atoms with Gasteiger partial charge in [-0.05, 0) is 54.8 Å². The molecule has 36 heavy (non-hydrogen) atoms. The summed E-state index contributed by atoms with van der Waals surface area (Å²) in [7, 11) is 4.27. The SMILES string of the molecule is CN1CCN([C@H](CNC(=O)C(=O)NCc2ccc3c(c2)OCO3)c2ccc3c(c2)CCCN3C)CC1. The van der Waals surface area contributed by atoms with Crippen molar-refractivity contribution in [1.82, 2.24) is 20.4 Å². The molecule has 0 saturated carbocycles. The van der Waals surface area contributed by atoms with Crippen LogP contribution in [0, 0.1) is 0 Å². The Kier molecular flexibility index (Phi) is 7.29. The number of anilines is 1. The van der Waals surface area contributed by atoms with E-state index in [9.17, 15) is 9.59 Å². The summed E-state index contributed by atoms with van der Waals surface area (Å²) in [5.74, 6) is 0.0773. The number of hydrogen-bond donors (Lipinski definition) is 2. The van der Waals surface area contributed by atoms with Crippen LogP contribution in [0.5, 0.6) is 11.5 Å². The Bertz CT molecular complexity index is 1120. The summed E-state index contributed by atoms with van der Waals surface area (Å²) in [6.07, 6.45) is 2.21. The number of ether oxygens (including phenoxy) is 2. The van der Waals surface area contributed by atoms with Gasteiger partial charge >= 0.3 is 11.8 Å². The van der Waals surface area contributed by atoms with Gasteiger partial charge in [-0.15, -0.1) is 0 Å². The Morgan fingerprint density at radius 3 is 2.53 bits per heavy atom. The zero-order chi connectivity index (χ0) is 25.1. The number of carbonyl (C=O) groups is 2. The molecule has 3 aliphatic heterocycles. The second-order valence-corrected chi connectivity index (χ2v) is 9.85. The minimum Gasteiger partial charge on any atom is -0.454 e. The van der Waals surface area contributed by atoms with E-state index in [1.165, 1.54) is 16.8 Å². The number of hydrogen-bond acceptors (Lipinski definition) is 7. The Morgan fingerprint density at radius 2 is 1.69 bits per heavy atom. The molecule has 5 rings (SSSR count). The average Bonchev–Trinajstić information content (AvgIpc) is 3.36. The summed E-state index contributed by atoms with van der Waals surface area (Å²) in [6, 6.07) is 12.2. The van der Waals surface area contributed by atoms with E-state index in [0.717, 1.165) is 51.1 Å². The molecule has 2 amide bonds. The summed E-state index contributed by atoms with van der Waals surface area (Å²) in [6.45, 7) is 5.70. The van der Waals surface area contributed by atoms with Gasteiger partial charge in [0.25, 0.3) is 0 Å². The van der Waals surface area contributed by atoms with Crippen molar-refractivity contribution < 1.29 is 19.1 Å². The van der Waals surface area contributed by atoms with Gasteiger partial charge in [0.05, 0.1) is 6.04 Å². The van der Waals surface area contributed by atoms with Crippen LogP contribution < -0.4 is 25.0 Å². The topological polar surface area (TPSA) is 86.4 Å². The molecule has 0 bridgehead atoms. The highest BCUT2D eigenvalue weighted by molar-refractivity contribution is 6.35. The number of fused-ring (bicyclic) bond motifs is 2. The smallest absolute Gasteiger partial charge is 0.309 e. The maximum absolute atomic E-state index is 12.7. The molecule has 3 aliphatic rings. The zero-order valence-electron chi connectivity index (χ0n) is 21.1. The van der Waals surface area contributed by atoms with Crippen molar-refractivity contribution >= 4 is 17.5 Å². The second kappa shape index (κ2) is 10.8. The highest BCUT2D eigenvalue weighted by Gasteiger charge is 2.27. The van der Waals surface area contributed by atoms with Gasteiger partial charge in [0.15, 0.2) is 11.5 Å². The number of piperazine rings is 1. The molecule has 1 atom stereocenters. The predicted molar refractivity (Wildman–Crippen MR) is 137 cm³/mol. The third kappa shape index (κ3) is 5.42. The van der Waals surface area contributed by atoms with Crippen LogP contribution in [0.1, 0.15) is 29.2 Å². The molecule has 2 N–H and O–H groups in total. The van der Waals surface area contributed by atoms with E-state index in [1.807, 2.05) is 12.1 Å². The fraction of sp³-hybridized carbons (Fsp3) is 0.481. The van der Waals surface area contributed by atoms with E-state index in [4.69, 9.17) is 9.47 Å². The Balaban J connectivity index is 1.23. The molecular weight excluding hydrogens is 458 g/mol. The summed E-state index contributed by atoms with van der Waals surface area (Å²) in [4.78, 5) is 32.3. The van der Waals surface area contributed by atoms with E-state index in [0.29, 0.717) is 18.0 Å². The lowest BCUT2D eigenvalue weighted by Gasteiger charge is -2.39. The third-order valence-electron chi connectivity index (χ3n) is 7.37. The maximum Gasteiger partial charge on any atom is 0.309 e. The number of aryl methyl sites for hydroxylation is 1. The lowest BCUT2D eigenvalue weighted by atomic mass is 9.95. The number of nitrogens with zero attached hydrogens (tertiary/aromatic N) is 3. The lowest BCUT2D eigenvalue weighted by molar-refractivity contribution is -0.139. The van der Waals surface area contributed by atoms with Crippen molar-refractivity contribution in [2.45, 2.75) is 25.4 Å². The number of likely N-dealkylation sites (N-methyl/N-ethyl adjacent to an activating group) is 1. The predicted octanol–water partition coefficient (Wildman–Crippen LogP) is 1.52. The van der Waals surface area contributed by atoms with Gasteiger partial charge in [-0.3, -0.25) is 14.5 Å². The van der Waals surface area contributed by atoms with Crippen LogP contribution in [-0.4, -0.2) is 81.8 Å². The normalized spacial score (nSPS) is 18.4. The molecule has 192 valence electrons. The molecule has 2 aromatic rings. The number of benzene rings is 2. The van der Waals surface area contributed by atoms with E-state index in [1.54, 1.807) is 6.07 Å². The highest BCUT2D eigenvalue weighted by atomic mass is 16.7. The van der Waals surface area contributed by atoms with Gasteiger partial charge in [-0.1, -0.05) is 18.2 Å². The molecule has 9 heteroatoms. The number of amides is 2. The van der Waals surface area contributed by atoms with E-state index >= 15 is 0 Å². The largest absolute Gasteiger partial charge is 0.454 e. The van der Waals surface area contributed by atoms with Crippen molar-refractivity contribution in [3.8, 4) is 11.5 Å². The Hall–Kier alpha value is -3.30. The van der Waals surface area contributed by atoms with Crippen LogP contribution in [0.3, 0.4) is 0 Å². The third-order valence-corrected chi connectivity index (χ3v) is 7.37. The van der Waals surface area contributed by atoms with Gasteiger partial charge in [0, 0.05) is 58.5 Å². The molecule has 0 radical (unpaired) electrons. The van der Waals surface area contributed by atoms with Gasteiger partial charge in [0.2, 0.25) is 6.79 Å². The van der Waals surface area contributed by atoms with Crippen molar-refractivity contribution in [2.75, 3.05) is 65.1 Å². The standard InChI is InChI=1S/C27H35N5O4/c1-30-10-12-32(13-11-30)23(21-6-7-22-20(15-21)4-3-9-31(22)2)17-29-27(34)26(33)28-16-19-5-8-24-25(14-19)36-18-35-24/h5-8,14-15,23H,3-4,9-13,16-18H2,1-2H3,(H,28,33)(H,29,34)/t23-/m1/s1. The van der Waals surface area contributed by atoms with Crippen LogP contribution >= 0.6 is 0 Å². The van der Waals surface area contributed by atoms with Crippen LogP contribution in [0.25, 0.3) is 0 Å². The highest BCUT2D eigenvalue weighted by Crippen LogP contribution is 2.33. The van der Waals surface area contributed by atoms with Crippen LogP contribution in [0.2, 0.25) is 0 Å². The summed E-state index contributed by atoms with van der Waals surface area (Å²) < 4.78 is 10.7. The lowest BCUT2D eigenvalue weighted by Crippen LogP contribution is -2.49. The molecule has 1 saturated heterocycles. The van der Waals surface area contributed by atoms with E-state index in [2.05, 4.69) is 57.6 Å². The molecule has 3 heterocycles. The minimum absolute atomic E-state index is 0.0156. The van der Waals surface area contributed by atoms with Gasteiger partial charge in [-0.25, -0.2) is 0 Å². The van der Waals surface area contributed by atoms with Crippen molar-refractivity contribution in [2.24, 2.45) is 0 Å². The fourth-order valence-corrected chi connectivity index (χ4v) is 5.19. The second-order valence-electron chi connectivity index (χ2n) is 9.85. The van der Waals surface area contributed by atoms with Gasteiger partial charge in [0.1, 0.15) is 0 Å². The first-order chi connectivity index (χ1) is 17.5. The monoisotopic (exact) mass is 493 g/mol. The molecule has 0 aromatic heterocycles. The maximum atomic E-state index is 12.7. The minimum atomic E-state index is -0.642.